The van der Waals surface area contributed by atoms with Gasteiger partial charge in [0.25, 0.3) is 0 Å². The lowest BCUT2D eigenvalue weighted by Gasteiger charge is -2.34. The predicted octanol–water partition coefficient (Wildman–Crippen LogP) is 4.81. The highest BCUT2D eigenvalue weighted by Gasteiger charge is 2.21. The summed E-state index contributed by atoms with van der Waals surface area (Å²) >= 11 is 6.24. The number of piperazine rings is 1. The van der Waals surface area contributed by atoms with E-state index in [0.717, 1.165) is 49.0 Å². The Labute approximate surface area is 160 Å². The molecule has 0 unspecified atom stereocenters. The lowest BCUT2D eigenvalue weighted by molar-refractivity contribution is 0.143. The third-order valence-corrected chi connectivity index (χ3v) is 5.21. The summed E-state index contributed by atoms with van der Waals surface area (Å²) in [4.78, 5) is 16.7. The molecule has 3 rings (SSSR count). The first-order chi connectivity index (χ1) is 12.5. The van der Waals surface area contributed by atoms with Gasteiger partial charge in [-0.1, -0.05) is 55.8 Å². The van der Waals surface area contributed by atoms with Crippen molar-refractivity contribution in [2.75, 3.05) is 31.5 Å². The molecule has 0 radical (unpaired) electrons. The molecule has 138 valence electrons. The van der Waals surface area contributed by atoms with E-state index >= 15 is 0 Å². The minimum absolute atomic E-state index is 0.0281. The highest BCUT2D eigenvalue weighted by Crippen LogP contribution is 2.19. The van der Waals surface area contributed by atoms with Gasteiger partial charge in [0.1, 0.15) is 0 Å². The standard InChI is InChI=1S/C21H26ClN3O/c1-16(2)17-7-9-19(10-8-17)23-21(26)25-13-11-24(12-14-25)15-18-5-3-4-6-20(18)22/h3-10,16H,11-15H2,1-2H3,(H,23,26). The van der Waals surface area contributed by atoms with Crippen LogP contribution in [-0.2, 0) is 6.54 Å². The van der Waals surface area contributed by atoms with Gasteiger partial charge >= 0.3 is 6.03 Å². The molecule has 0 bridgehead atoms. The number of halogens is 1. The van der Waals surface area contributed by atoms with Crippen LogP contribution < -0.4 is 5.32 Å². The van der Waals surface area contributed by atoms with Crippen LogP contribution in [0, 0.1) is 0 Å². The van der Waals surface area contributed by atoms with Crippen molar-refractivity contribution < 1.29 is 4.79 Å². The number of urea groups is 1. The first kappa shape index (κ1) is 18.7. The van der Waals surface area contributed by atoms with Gasteiger partial charge in [0.2, 0.25) is 0 Å². The Kier molecular flexibility index (Phi) is 6.17. The van der Waals surface area contributed by atoms with Gasteiger partial charge in [-0.3, -0.25) is 4.90 Å². The molecule has 1 saturated heterocycles. The zero-order chi connectivity index (χ0) is 18.5. The molecule has 2 aromatic carbocycles. The summed E-state index contributed by atoms with van der Waals surface area (Å²) in [6.07, 6.45) is 0. The molecule has 1 heterocycles. The van der Waals surface area contributed by atoms with Gasteiger partial charge < -0.3 is 10.2 Å². The minimum atomic E-state index is -0.0281. The number of rotatable bonds is 4. The fourth-order valence-corrected chi connectivity index (χ4v) is 3.33. The van der Waals surface area contributed by atoms with Crippen molar-refractivity contribution in [1.82, 2.24) is 9.80 Å². The Morgan fingerprint density at radius 2 is 1.69 bits per heavy atom. The van der Waals surface area contributed by atoms with Gasteiger partial charge in [-0.05, 0) is 35.2 Å². The number of carbonyl (C=O) groups is 1. The van der Waals surface area contributed by atoms with E-state index in [4.69, 9.17) is 11.6 Å². The number of carbonyl (C=O) groups excluding carboxylic acids is 1. The third kappa shape index (κ3) is 4.77. The smallest absolute Gasteiger partial charge is 0.321 e. The van der Waals surface area contributed by atoms with Crippen LogP contribution in [0.1, 0.15) is 30.9 Å². The highest BCUT2D eigenvalue weighted by atomic mass is 35.5. The average molecular weight is 372 g/mol. The van der Waals surface area contributed by atoms with Crippen LogP contribution in [0.5, 0.6) is 0 Å². The van der Waals surface area contributed by atoms with Crippen LogP contribution >= 0.6 is 11.6 Å². The molecule has 1 aliphatic heterocycles. The van der Waals surface area contributed by atoms with E-state index in [1.807, 2.05) is 35.2 Å². The summed E-state index contributed by atoms with van der Waals surface area (Å²) in [5.41, 5.74) is 3.26. The number of hydrogen-bond acceptors (Lipinski definition) is 2. The van der Waals surface area contributed by atoms with Crippen molar-refractivity contribution >= 4 is 23.3 Å². The van der Waals surface area contributed by atoms with Gasteiger partial charge in [0.15, 0.2) is 0 Å². The zero-order valence-electron chi connectivity index (χ0n) is 15.4. The topological polar surface area (TPSA) is 35.6 Å². The molecule has 0 aromatic heterocycles. The molecule has 0 saturated carbocycles. The van der Waals surface area contributed by atoms with Crippen molar-refractivity contribution in [2.24, 2.45) is 0 Å². The molecule has 5 heteroatoms. The summed E-state index contributed by atoms with van der Waals surface area (Å²) in [6.45, 7) is 8.30. The molecule has 26 heavy (non-hydrogen) atoms. The second kappa shape index (κ2) is 8.56. The Balaban J connectivity index is 1.49. The third-order valence-electron chi connectivity index (χ3n) is 4.84. The zero-order valence-corrected chi connectivity index (χ0v) is 16.2. The quantitative estimate of drug-likeness (QED) is 0.836. The average Bonchev–Trinajstić information content (AvgIpc) is 2.64. The number of amides is 2. The van der Waals surface area contributed by atoms with Crippen LogP contribution in [0.15, 0.2) is 48.5 Å². The summed E-state index contributed by atoms with van der Waals surface area (Å²) in [5.74, 6) is 0.492. The molecule has 0 spiro atoms. The molecule has 1 aliphatic rings. The van der Waals surface area contributed by atoms with Crippen LogP contribution in [-0.4, -0.2) is 42.0 Å². The Morgan fingerprint density at radius 1 is 1.04 bits per heavy atom. The molecule has 0 aliphatic carbocycles. The van der Waals surface area contributed by atoms with E-state index in [-0.39, 0.29) is 6.03 Å². The second-order valence-electron chi connectivity index (χ2n) is 7.06. The fraction of sp³-hybridized carbons (Fsp3) is 0.381. The second-order valence-corrected chi connectivity index (χ2v) is 7.47. The van der Waals surface area contributed by atoms with E-state index in [9.17, 15) is 4.79 Å². The molecule has 0 atom stereocenters. The molecule has 1 fully saturated rings. The first-order valence-electron chi connectivity index (χ1n) is 9.14. The van der Waals surface area contributed by atoms with Gasteiger partial charge in [-0.15, -0.1) is 0 Å². The maximum absolute atomic E-state index is 12.5. The summed E-state index contributed by atoms with van der Waals surface area (Å²) < 4.78 is 0. The molecule has 4 nitrogen and oxygen atoms in total. The summed E-state index contributed by atoms with van der Waals surface area (Å²) in [6, 6.07) is 16.0. The predicted molar refractivity (Wildman–Crippen MR) is 108 cm³/mol. The fourth-order valence-electron chi connectivity index (χ4n) is 3.13. The first-order valence-corrected chi connectivity index (χ1v) is 9.52. The minimum Gasteiger partial charge on any atom is -0.322 e. The number of nitrogens with one attached hydrogen (secondary N) is 1. The lowest BCUT2D eigenvalue weighted by Crippen LogP contribution is -2.49. The number of benzene rings is 2. The molecule has 2 amide bonds. The number of hydrogen-bond donors (Lipinski definition) is 1. The molecular formula is C21H26ClN3O. The Bertz CT molecular complexity index is 737. The maximum atomic E-state index is 12.5. The van der Waals surface area contributed by atoms with Gasteiger partial charge in [-0.25, -0.2) is 4.79 Å². The van der Waals surface area contributed by atoms with Crippen molar-refractivity contribution in [3.63, 3.8) is 0 Å². The van der Waals surface area contributed by atoms with Crippen molar-refractivity contribution in [3.05, 3.63) is 64.7 Å². The highest BCUT2D eigenvalue weighted by molar-refractivity contribution is 6.31. The number of anilines is 1. The SMILES string of the molecule is CC(C)c1ccc(NC(=O)N2CCN(Cc3ccccc3Cl)CC2)cc1. The largest absolute Gasteiger partial charge is 0.322 e. The van der Waals surface area contributed by atoms with E-state index in [0.29, 0.717) is 5.92 Å². The van der Waals surface area contributed by atoms with Gasteiger partial charge in [0.05, 0.1) is 0 Å². The van der Waals surface area contributed by atoms with Gasteiger partial charge in [-0.2, -0.15) is 0 Å². The van der Waals surface area contributed by atoms with Crippen LogP contribution in [0.2, 0.25) is 5.02 Å². The van der Waals surface area contributed by atoms with E-state index in [1.54, 1.807) is 0 Å². The molecule has 1 N–H and O–H groups in total. The normalized spacial score (nSPS) is 15.3. The van der Waals surface area contributed by atoms with Crippen molar-refractivity contribution in [1.29, 1.82) is 0 Å². The Morgan fingerprint density at radius 3 is 2.31 bits per heavy atom. The monoisotopic (exact) mass is 371 g/mol. The van der Waals surface area contributed by atoms with E-state index < -0.39 is 0 Å². The maximum Gasteiger partial charge on any atom is 0.321 e. The van der Waals surface area contributed by atoms with E-state index in [2.05, 4.69) is 42.3 Å². The van der Waals surface area contributed by atoms with Gasteiger partial charge in [0, 0.05) is 43.4 Å². The van der Waals surface area contributed by atoms with Crippen LogP contribution in [0.4, 0.5) is 10.5 Å². The summed E-state index contributed by atoms with van der Waals surface area (Å²) in [7, 11) is 0. The van der Waals surface area contributed by atoms with Crippen molar-refractivity contribution in [2.45, 2.75) is 26.3 Å². The molecule has 2 aromatic rings. The Hall–Kier alpha value is -2.04. The van der Waals surface area contributed by atoms with Crippen LogP contribution in [0.3, 0.4) is 0 Å². The lowest BCUT2D eigenvalue weighted by atomic mass is 10.0. The number of nitrogens with zero attached hydrogens (tertiary/aromatic N) is 2. The molecular weight excluding hydrogens is 346 g/mol. The van der Waals surface area contributed by atoms with E-state index in [1.165, 1.54) is 5.56 Å². The summed E-state index contributed by atoms with van der Waals surface area (Å²) in [5, 5.41) is 3.80. The van der Waals surface area contributed by atoms with Crippen LogP contribution in [0.25, 0.3) is 0 Å². The van der Waals surface area contributed by atoms with Crippen molar-refractivity contribution in [3.8, 4) is 0 Å².